The molecule has 0 saturated heterocycles. The summed E-state index contributed by atoms with van der Waals surface area (Å²) in [5.41, 5.74) is 0. The monoisotopic (exact) mass is 1000 g/mol. The van der Waals surface area contributed by atoms with Gasteiger partial charge in [0, 0.05) is 12.8 Å². The summed E-state index contributed by atoms with van der Waals surface area (Å²) in [5.74, 6) is -0.0263. The zero-order valence-corrected chi connectivity index (χ0v) is 48.5. The first kappa shape index (κ1) is 69.9. The van der Waals surface area contributed by atoms with Crippen molar-refractivity contribution in [3.8, 4) is 0 Å². The number of carbonyl (C=O) groups is 2. The van der Waals surface area contributed by atoms with Crippen LogP contribution < -0.4 is 5.32 Å². The number of carbonyl (C=O) groups excluding carboxylic acids is 2. The Hall–Kier alpha value is -1.14. The number of amides is 1. The van der Waals surface area contributed by atoms with E-state index in [2.05, 4.69) is 19.2 Å². The highest BCUT2D eigenvalue weighted by molar-refractivity contribution is 5.76. The van der Waals surface area contributed by atoms with E-state index in [1.807, 2.05) is 0 Å². The Morgan fingerprint density at radius 2 is 0.577 bits per heavy atom. The molecule has 1 amide bonds. The van der Waals surface area contributed by atoms with Crippen LogP contribution in [0.5, 0.6) is 0 Å². The highest BCUT2D eigenvalue weighted by Gasteiger charge is 2.20. The van der Waals surface area contributed by atoms with Crippen LogP contribution in [-0.2, 0) is 14.3 Å². The van der Waals surface area contributed by atoms with Gasteiger partial charge in [0.1, 0.15) is 0 Å². The molecule has 0 saturated carbocycles. The average molecular weight is 1000 g/mol. The molecule has 424 valence electrons. The molecule has 0 aromatic rings. The van der Waals surface area contributed by atoms with Gasteiger partial charge in [0.15, 0.2) is 0 Å². The van der Waals surface area contributed by atoms with Gasteiger partial charge in [0.2, 0.25) is 5.91 Å². The Morgan fingerprint density at radius 3 is 0.859 bits per heavy atom. The molecule has 3 N–H and O–H groups in total. The van der Waals surface area contributed by atoms with Crippen molar-refractivity contribution in [3.63, 3.8) is 0 Å². The Balaban J connectivity index is 3.40. The lowest BCUT2D eigenvalue weighted by atomic mass is 10.0. The number of esters is 1. The van der Waals surface area contributed by atoms with Gasteiger partial charge in [-0.25, -0.2) is 0 Å². The molecule has 0 aliphatic rings. The van der Waals surface area contributed by atoms with Crippen LogP contribution in [0.1, 0.15) is 380 Å². The second-order valence-electron chi connectivity index (χ2n) is 22.8. The van der Waals surface area contributed by atoms with Crippen LogP contribution in [0.4, 0.5) is 0 Å². The van der Waals surface area contributed by atoms with Gasteiger partial charge in [-0.1, -0.05) is 341 Å². The van der Waals surface area contributed by atoms with Gasteiger partial charge in [-0.15, -0.1) is 0 Å². The Morgan fingerprint density at radius 1 is 0.338 bits per heavy atom. The number of hydrogen-bond acceptors (Lipinski definition) is 5. The molecule has 0 rings (SSSR count). The van der Waals surface area contributed by atoms with Crippen molar-refractivity contribution in [1.82, 2.24) is 5.32 Å². The number of unbranched alkanes of at least 4 members (excludes halogenated alkanes) is 51. The maximum Gasteiger partial charge on any atom is 0.305 e. The maximum absolute atomic E-state index is 12.5. The minimum absolute atomic E-state index is 0.00852. The lowest BCUT2D eigenvalue weighted by Crippen LogP contribution is -2.45. The standard InChI is InChI=1S/C65H129NO5/c1-3-5-7-9-11-13-15-17-18-19-20-21-22-23-24-25-27-30-34-37-41-45-49-53-57-63(68)62(61-67)66-64(69)58-54-50-46-42-38-35-31-28-26-29-32-36-40-44-48-52-56-60-71-65(70)59-55-51-47-43-39-33-16-14-12-10-8-6-4-2/h62-63,67-68H,3-61H2,1-2H3,(H,66,69). The van der Waals surface area contributed by atoms with Crippen LogP contribution in [-0.4, -0.2) is 47.4 Å². The van der Waals surface area contributed by atoms with Crippen molar-refractivity contribution in [1.29, 1.82) is 0 Å². The molecule has 0 aliphatic carbocycles. The summed E-state index contributed by atoms with van der Waals surface area (Å²) in [5, 5.41) is 23.4. The van der Waals surface area contributed by atoms with E-state index in [0.29, 0.717) is 25.9 Å². The van der Waals surface area contributed by atoms with Gasteiger partial charge < -0.3 is 20.3 Å². The maximum atomic E-state index is 12.5. The summed E-state index contributed by atoms with van der Waals surface area (Å²) in [6.45, 7) is 4.98. The molecule has 6 heteroatoms. The van der Waals surface area contributed by atoms with E-state index in [9.17, 15) is 19.8 Å². The topological polar surface area (TPSA) is 95.9 Å². The zero-order chi connectivity index (χ0) is 51.4. The molecule has 71 heavy (non-hydrogen) atoms. The molecule has 0 fully saturated rings. The number of nitrogens with one attached hydrogen (secondary N) is 1. The summed E-state index contributed by atoms with van der Waals surface area (Å²) in [4.78, 5) is 24.6. The second-order valence-corrected chi connectivity index (χ2v) is 22.8. The SMILES string of the molecule is CCCCCCCCCCCCCCCCCCCCCCCCCCC(O)C(CO)NC(=O)CCCCCCCCCCCCCCCCCCCOC(=O)CCCCCCCCCCCCCCC. The first-order chi connectivity index (χ1) is 35.0. The first-order valence-corrected chi connectivity index (χ1v) is 32.8. The molecular formula is C65H129NO5. The summed E-state index contributed by atoms with van der Waals surface area (Å²) < 4.78 is 5.48. The van der Waals surface area contributed by atoms with E-state index in [1.54, 1.807) is 0 Å². The fourth-order valence-corrected chi connectivity index (χ4v) is 10.6. The average Bonchev–Trinajstić information content (AvgIpc) is 3.37. The molecule has 0 aromatic carbocycles. The van der Waals surface area contributed by atoms with Crippen molar-refractivity contribution in [3.05, 3.63) is 0 Å². The van der Waals surface area contributed by atoms with Crippen molar-refractivity contribution in [2.45, 2.75) is 392 Å². The van der Waals surface area contributed by atoms with Crippen LogP contribution in [0.25, 0.3) is 0 Å². The Bertz CT molecular complexity index is 1020. The molecule has 0 aromatic heterocycles. The van der Waals surface area contributed by atoms with Gasteiger partial charge in [-0.2, -0.15) is 0 Å². The molecule has 2 unspecified atom stereocenters. The third kappa shape index (κ3) is 58.0. The summed E-state index contributed by atoms with van der Waals surface area (Å²) >= 11 is 0. The van der Waals surface area contributed by atoms with E-state index in [4.69, 9.17) is 4.74 Å². The number of rotatable bonds is 62. The predicted molar refractivity (Wildman–Crippen MR) is 310 cm³/mol. The van der Waals surface area contributed by atoms with Gasteiger partial charge >= 0.3 is 5.97 Å². The first-order valence-electron chi connectivity index (χ1n) is 32.8. The van der Waals surface area contributed by atoms with E-state index >= 15 is 0 Å². The minimum Gasteiger partial charge on any atom is -0.466 e. The quantitative estimate of drug-likeness (QED) is 0.0417. The van der Waals surface area contributed by atoms with Gasteiger partial charge in [-0.3, -0.25) is 9.59 Å². The Kier molecular flexibility index (Phi) is 60.4. The van der Waals surface area contributed by atoms with Crippen LogP contribution in [0, 0.1) is 0 Å². The molecule has 0 heterocycles. The van der Waals surface area contributed by atoms with Gasteiger partial charge in [0.25, 0.3) is 0 Å². The van der Waals surface area contributed by atoms with Crippen LogP contribution in [0.3, 0.4) is 0 Å². The summed E-state index contributed by atoms with van der Waals surface area (Å²) in [6, 6.07) is -0.545. The van der Waals surface area contributed by atoms with Crippen LogP contribution in [0.2, 0.25) is 0 Å². The van der Waals surface area contributed by atoms with Crippen LogP contribution in [0.15, 0.2) is 0 Å². The molecule has 0 bridgehead atoms. The lowest BCUT2D eigenvalue weighted by molar-refractivity contribution is -0.143. The normalized spacial score (nSPS) is 12.5. The van der Waals surface area contributed by atoms with Gasteiger partial charge in [-0.05, 0) is 25.7 Å². The summed E-state index contributed by atoms with van der Waals surface area (Å²) in [6.07, 6.45) is 72.6. The van der Waals surface area contributed by atoms with Crippen molar-refractivity contribution >= 4 is 11.9 Å². The van der Waals surface area contributed by atoms with Crippen molar-refractivity contribution < 1.29 is 24.5 Å². The highest BCUT2D eigenvalue weighted by Crippen LogP contribution is 2.19. The van der Waals surface area contributed by atoms with Crippen molar-refractivity contribution in [2.75, 3.05) is 13.2 Å². The highest BCUT2D eigenvalue weighted by atomic mass is 16.5. The second kappa shape index (κ2) is 61.4. The molecule has 0 aliphatic heterocycles. The molecule has 6 nitrogen and oxygen atoms in total. The number of hydrogen-bond donors (Lipinski definition) is 3. The summed E-state index contributed by atoms with van der Waals surface area (Å²) in [7, 11) is 0. The number of aliphatic hydroxyl groups is 2. The smallest absolute Gasteiger partial charge is 0.305 e. The zero-order valence-electron chi connectivity index (χ0n) is 48.5. The molecule has 2 atom stereocenters. The Labute approximate surface area is 445 Å². The lowest BCUT2D eigenvalue weighted by Gasteiger charge is -2.22. The molecule has 0 spiro atoms. The third-order valence-corrected chi connectivity index (χ3v) is 15.7. The fraction of sp³-hybridized carbons (Fsp3) is 0.969. The van der Waals surface area contributed by atoms with E-state index in [-0.39, 0.29) is 18.5 Å². The molecule has 0 radical (unpaired) electrons. The van der Waals surface area contributed by atoms with Crippen LogP contribution >= 0.6 is 0 Å². The van der Waals surface area contributed by atoms with E-state index in [1.165, 1.54) is 308 Å². The number of ether oxygens (including phenoxy) is 1. The third-order valence-electron chi connectivity index (χ3n) is 15.7. The number of aliphatic hydroxyl groups excluding tert-OH is 2. The minimum atomic E-state index is -0.668. The largest absolute Gasteiger partial charge is 0.466 e. The van der Waals surface area contributed by atoms with E-state index < -0.39 is 12.1 Å². The van der Waals surface area contributed by atoms with Crippen molar-refractivity contribution in [2.24, 2.45) is 0 Å². The van der Waals surface area contributed by atoms with E-state index in [0.717, 1.165) is 38.5 Å². The molecular weight excluding hydrogens is 875 g/mol. The fourth-order valence-electron chi connectivity index (χ4n) is 10.6. The van der Waals surface area contributed by atoms with Gasteiger partial charge in [0.05, 0.1) is 25.4 Å². The predicted octanol–water partition coefficient (Wildman–Crippen LogP) is 20.6.